The van der Waals surface area contributed by atoms with Gasteiger partial charge in [0.25, 0.3) is 0 Å². The highest BCUT2D eigenvalue weighted by Crippen LogP contribution is 2.09. The molecule has 2 rings (SSSR count). The molecule has 1 aromatic heterocycles. The molecule has 1 fully saturated rings. The van der Waals surface area contributed by atoms with Crippen LogP contribution in [0.5, 0.6) is 0 Å². The van der Waals surface area contributed by atoms with Gasteiger partial charge in [-0.05, 0) is 25.1 Å². The molecule has 1 aliphatic heterocycles. The van der Waals surface area contributed by atoms with Crippen molar-refractivity contribution in [2.45, 2.75) is 25.9 Å². The van der Waals surface area contributed by atoms with Gasteiger partial charge in [-0.1, -0.05) is 6.92 Å². The molecule has 2 heterocycles. The maximum atomic E-state index is 11.6. The second-order valence-electron chi connectivity index (χ2n) is 5.00. The minimum atomic E-state index is -2.84. The molecule has 0 saturated carbocycles. The van der Waals surface area contributed by atoms with Crippen molar-refractivity contribution in [2.24, 2.45) is 0 Å². The molecule has 1 saturated heterocycles. The summed E-state index contributed by atoms with van der Waals surface area (Å²) >= 11 is 0. The normalized spacial score (nSPS) is 22.7. The average Bonchev–Trinajstić information content (AvgIpc) is 2.86. The van der Waals surface area contributed by atoms with E-state index in [1.54, 1.807) is 6.26 Å². The number of hydrogen-bond donors (Lipinski definition) is 1. The molecule has 0 spiro atoms. The highest BCUT2D eigenvalue weighted by Gasteiger charge is 2.24. The van der Waals surface area contributed by atoms with E-state index in [4.69, 9.17) is 4.42 Å². The Balaban J connectivity index is 1.79. The molecule has 1 aliphatic rings. The van der Waals surface area contributed by atoms with Gasteiger partial charge < -0.3 is 9.73 Å². The Labute approximate surface area is 114 Å². The van der Waals surface area contributed by atoms with Crippen LogP contribution in [0.1, 0.15) is 19.1 Å². The van der Waals surface area contributed by atoms with E-state index in [9.17, 15) is 8.42 Å². The molecule has 1 N–H and O–H groups in total. The minimum Gasteiger partial charge on any atom is -0.468 e. The maximum absolute atomic E-state index is 11.6. The van der Waals surface area contributed by atoms with E-state index in [1.807, 2.05) is 12.1 Å². The van der Waals surface area contributed by atoms with Crippen molar-refractivity contribution in [2.75, 3.05) is 31.1 Å². The van der Waals surface area contributed by atoms with Gasteiger partial charge in [0.1, 0.15) is 5.76 Å². The van der Waals surface area contributed by atoms with Gasteiger partial charge in [0, 0.05) is 19.1 Å². The van der Waals surface area contributed by atoms with E-state index in [2.05, 4.69) is 17.1 Å². The summed E-state index contributed by atoms with van der Waals surface area (Å²) in [6.07, 6.45) is 2.53. The van der Waals surface area contributed by atoms with Gasteiger partial charge in [-0.2, -0.15) is 0 Å². The minimum absolute atomic E-state index is 0.0874. The molecule has 6 heteroatoms. The SMILES string of the molecule is CCN(CCC1CS(=O)(=O)CCN1)Cc1ccco1. The van der Waals surface area contributed by atoms with Crippen LogP contribution in [0.4, 0.5) is 0 Å². The molecule has 1 unspecified atom stereocenters. The van der Waals surface area contributed by atoms with Crippen molar-refractivity contribution in [1.29, 1.82) is 0 Å². The lowest BCUT2D eigenvalue weighted by atomic mass is 10.2. The van der Waals surface area contributed by atoms with Gasteiger partial charge in [-0.15, -0.1) is 0 Å². The van der Waals surface area contributed by atoms with Crippen LogP contribution < -0.4 is 5.32 Å². The number of hydrogen-bond acceptors (Lipinski definition) is 5. The lowest BCUT2D eigenvalue weighted by Crippen LogP contribution is -2.46. The maximum Gasteiger partial charge on any atom is 0.153 e. The molecule has 19 heavy (non-hydrogen) atoms. The quantitative estimate of drug-likeness (QED) is 0.841. The summed E-state index contributed by atoms with van der Waals surface area (Å²) in [6.45, 7) is 5.28. The van der Waals surface area contributed by atoms with Gasteiger partial charge in [-0.25, -0.2) is 8.42 Å². The average molecular weight is 286 g/mol. The van der Waals surface area contributed by atoms with E-state index in [1.165, 1.54) is 0 Å². The van der Waals surface area contributed by atoms with Crippen LogP contribution in [0.25, 0.3) is 0 Å². The molecule has 5 nitrogen and oxygen atoms in total. The molecule has 0 aliphatic carbocycles. The molecular weight excluding hydrogens is 264 g/mol. The third kappa shape index (κ3) is 4.63. The second-order valence-corrected chi connectivity index (χ2v) is 7.23. The summed E-state index contributed by atoms with van der Waals surface area (Å²) < 4.78 is 28.5. The molecule has 1 atom stereocenters. The summed E-state index contributed by atoms with van der Waals surface area (Å²) in [7, 11) is -2.84. The molecule has 108 valence electrons. The lowest BCUT2D eigenvalue weighted by Gasteiger charge is -2.26. The van der Waals surface area contributed by atoms with Crippen molar-refractivity contribution >= 4 is 9.84 Å². The number of rotatable bonds is 6. The molecular formula is C13H22N2O3S. The van der Waals surface area contributed by atoms with Crippen LogP contribution in [-0.4, -0.2) is 50.5 Å². The summed E-state index contributed by atoms with van der Waals surface area (Å²) in [6, 6.07) is 3.94. The summed E-state index contributed by atoms with van der Waals surface area (Å²) in [5.41, 5.74) is 0. The van der Waals surface area contributed by atoms with Gasteiger partial charge in [0.15, 0.2) is 9.84 Å². The first kappa shape index (κ1) is 14.6. The zero-order valence-corrected chi connectivity index (χ0v) is 12.2. The van der Waals surface area contributed by atoms with Crippen LogP contribution in [0.15, 0.2) is 22.8 Å². The molecule has 1 aromatic rings. The highest BCUT2D eigenvalue weighted by molar-refractivity contribution is 7.91. The first-order valence-electron chi connectivity index (χ1n) is 6.77. The monoisotopic (exact) mass is 286 g/mol. The number of sulfone groups is 1. The zero-order valence-electron chi connectivity index (χ0n) is 11.3. The Hall–Kier alpha value is -0.850. The van der Waals surface area contributed by atoms with Gasteiger partial charge in [0.05, 0.1) is 24.3 Å². The second kappa shape index (κ2) is 6.54. The Morgan fingerprint density at radius 1 is 1.53 bits per heavy atom. The Bertz CT molecular complexity index is 470. The van der Waals surface area contributed by atoms with Crippen LogP contribution in [-0.2, 0) is 16.4 Å². The first-order chi connectivity index (χ1) is 9.09. The fourth-order valence-corrected chi connectivity index (χ4v) is 3.86. The highest BCUT2D eigenvalue weighted by atomic mass is 32.2. The largest absolute Gasteiger partial charge is 0.468 e. The standard InChI is InChI=1S/C13H22N2O3S/c1-2-15(10-13-4-3-8-18-13)7-5-12-11-19(16,17)9-6-14-12/h3-4,8,12,14H,2,5-7,9-11H2,1H3. The predicted octanol–water partition coefficient (Wildman–Crippen LogP) is 0.878. The fraction of sp³-hybridized carbons (Fsp3) is 0.692. The van der Waals surface area contributed by atoms with E-state index in [0.29, 0.717) is 6.54 Å². The van der Waals surface area contributed by atoms with Gasteiger partial charge in [-0.3, -0.25) is 4.90 Å². The topological polar surface area (TPSA) is 62.6 Å². The Morgan fingerprint density at radius 3 is 3.00 bits per heavy atom. The number of nitrogens with one attached hydrogen (secondary N) is 1. The van der Waals surface area contributed by atoms with Crippen LogP contribution in [0, 0.1) is 0 Å². The van der Waals surface area contributed by atoms with Gasteiger partial charge >= 0.3 is 0 Å². The van der Waals surface area contributed by atoms with Crippen molar-refractivity contribution in [1.82, 2.24) is 10.2 Å². The van der Waals surface area contributed by atoms with E-state index < -0.39 is 9.84 Å². The van der Waals surface area contributed by atoms with Crippen LogP contribution in [0.3, 0.4) is 0 Å². The third-order valence-electron chi connectivity index (χ3n) is 3.50. The molecule has 0 radical (unpaired) electrons. The Morgan fingerprint density at radius 2 is 2.37 bits per heavy atom. The lowest BCUT2D eigenvalue weighted by molar-refractivity contribution is 0.243. The third-order valence-corrected chi connectivity index (χ3v) is 5.24. The van der Waals surface area contributed by atoms with Crippen molar-refractivity contribution < 1.29 is 12.8 Å². The van der Waals surface area contributed by atoms with Crippen molar-refractivity contribution in [3.63, 3.8) is 0 Å². The zero-order chi connectivity index (χ0) is 13.7. The molecule has 0 amide bonds. The number of furan rings is 1. The first-order valence-corrected chi connectivity index (χ1v) is 8.60. The summed E-state index contributed by atoms with van der Waals surface area (Å²) in [5, 5.41) is 3.28. The summed E-state index contributed by atoms with van der Waals surface area (Å²) in [5.74, 6) is 1.49. The number of nitrogens with zero attached hydrogens (tertiary/aromatic N) is 1. The van der Waals surface area contributed by atoms with Crippen LogP contribution >= 0.6 is 0 Å². The Kier molecular flexibility index (Phi) is 5.01. The molecule has 0 aromatic carbocycles. The van der Waals surface area contributed by atoms with E-state index in [-0.39, 0.29) is 17.5 Å². The predicted molar refractivity (Wildman–Crippen MR) is 74.7 cm³/mol. The van der Waals surface area contributed by atoms with Crippen molar-refractivity contribution in [3.05, 3.63) is 24.2 Å². The molecule has 0 bridgehead atoms. The van der Waals surface area contributed by atoms with E-state index >= 15 is 0 Å². The summed E-state index contributed by atoms with van der Waals surface area (Å²) in [4.78, 5) is 2.27. The smallest absolute Gasteiger partial charge is 0.153 e. The van der Waals surface area contributed by atoms with Gasteiger partial charge in [0.2, 0.25) is 0 Å². The fourth-order valence-electron chi connectivity index (χ4n) is 2.36. The van der Waals surface area contributed by atoms with Crippen molar-refractivity contribution in [3.8, 4) is 0 Å². The van der Waals surface area contributed by atoms with Crippen LogP contribution in [0.2, 0.25) is 0 Å². The van der Waals surface area contributed by atoms with E-state index in [0.717, 1.165) is 31.8 Å².